The lowest BCUT2D eigenvalue weighted by molar-refractivity contribution is -0.384. The second kappa shape index (κ2) is 6.83. The molecule has 1 aliphatic rings. The number of nitro benzene ring substituents is 1. The molecule has 0 atom stereocenters. The van der Waals surface area contributed by atoms with Crippen LogP contribution in [-0.2, 0) is 6.18 Å². The topological polar surface area (TPSA) is 93.6 Å². The largest absolute Gasteiger partial charge is 0.433 e. The van der Waals surface area contributed by atoms with E-state index in [4.69, 9.17) is 0 Å². The van der Waals surface area contributed by atoms with Gasteiger partial charge in [-0.1, -0.05) is 0 Å². The van der Waals surface area contributed by atoms with E-state index in [2.05, 4.69) is 10.1 Å². The van der Waals surface area contributed by atoms with Gasteiger partial charge in [0.25, 0.3) is 11.6 Å². The lowest BCUT2D eigenvalue weighted by atomic mass is 10.1. The summed E-state index contributed by atoms with van der Waals surface area (Å²) >= 11 is 0. The van der Waals surface area contributed by atoms with Crippen LogP contribution >= 0.6 is 0 Å². The molecule has 3 heterocycles. The monoisotopic (exact) mass is 405 g/mol. The van der Waals surface area contributed by atoms with E-state index in [9.17, 15) is 28.1 Å². The number of nitro groups is 1. The van der Waals surface area contributed by atoms with E-state index < -0.39 is 22.7 Å². The van der Waals surface area contributed by atoms with Gasteiger partial charge >= 0.3 is 6.18 Å². The van der Waals surface area contributed by atoms with Crippen molar-refractivity contribution in [1.82, 2.24) is 19.5 Å². The summed E-state index contributed by atoms with van der Waals surface area (Å²) < 4.78 is 41.5. The van der Waals surface area contributed by atoms with Crippen LogP contribution in [0.1, 0.15) is 29.0 Å². The van der Waals surface area contributed by atoms with Crippen molar-refractivity contribution < 1.29 is 22.9 Å². The molecule has 1 fully saturated rings. The second-order valence-electron chi connectivity index (χ2n) is 6.63. The molecule has 0 spiro atoms. The predicted octanol–water partition coefficient (Wildman–Crippen LogP) is 3.56. The summed E-state index contributed by atoms with van der Waals surface area (Å²) in [6, 6.07) is 7.06. The smallest absolute Gasteiger partial charge is 0.337 e. The molecule has 1 aromatic carbocycles. The third kappa shape index (κ3) is 3.50. The van der Waals surface area contributed by atoms with E-state index in [0.29, 0.717) is 17.6 Å². The molecule has 0 unspecified atom stereocenters. The first-order valence-electron chi connectivity index (χ1n) is 8.76. The third-order valence-corrected chi connectivity index (χ3v) is 4.70. The number of hydrogen-bond donors (Lipinski definition) is 0. The molecule has 0 N–H and O–H groups in total. The van der Waals surface area contributed by atoms with Crippen LogP contribution in [0.25, 0.3) is 16.9 Å². The molecule has 4 rings (SSSR count). The van der Waals surface area contributed by atoms with Gasteiger partial charge in [-0.2, -0.15) is 18.3 Å². The van der Waals surface area contributed by atoms with Crippen LogP contribution in [0.3, 0.4) is 0 Å². The second-order valence-corrected chi connectivity index (χ2v) is 6.63. The number of likely N-dealkylation sites (tertiary alicyclic amines) is 1. The van der Waals surface area contributed by atoms with E-state index in [1.807, 2.05) is 0 Å². The minimum Gasteiger partial charge on any atom is -0.337 e. The van der Waals surface area contributed by atoms with Crippen molar-refractivity contribution in [3.63, 3.8) is 0 Å². The number of non-ortho nitro benzene ring substituents is 1. The van der Waals surface area contributed by atoms with Crippen LogP contribution in [0.4, 0.5) is 18.9 Å². The number of carbonyl (C=O) groups is 1. The lowest BCUT2D eigenvalue weighted by Gasteiger charge is -2.12. The maximum atomic E-state index is 13.6. The molecule has 0 saturated carbocycles. The fraction of sp³-hybridized carbons (Fsp3) is 0.278. The van der Waals surface area contributed by atoms with Gasteiger partial charge in [0.2, 0.25) is 0 Å². The number of carbonyl (C=O) groups excluding carboxylic acids is 1. The normalized spacial score (nSPS) is 14.5. The molecule has 1 aliphatic heterocycles. The zero-order chi connectivity index (χ0) is 20.8. The van der Waals surface area contributed by atoms with Gasteiger partial charge in [0.1, 0.15) is 0 Å². The SMILES string of the molecule is O=C(c1cc2nc(-c3ccc([N+](=O)[O-])cc3)cc(C(F)(F)F)n2n1)N1CCCC1. The number of halogens is 3. The molecule has 0 bridgehead atoms. The van der Waals surface area contributed by atoms with E-state index in [1.54, 1.807) is 4.90 Å². The number of rotatable bonds is 3. The highest BCUT2D eigenvalue weighted by Gasteiger charge is 2.36. The molecule has 2 aromatic heterocycles. The summed E-state index contributed by atoms with van der Waals surface area (Å²) in [6.45, 7) is 1.08. The van der Waals surface area contributed by atoms with E-state index >= 15 is 0 Å². The standard InChI is InChI=1S/C18H14F3N5O3/c19-18(20,21)15-9-13(11-3-5-12(6-4-11)26(28)29)22-16-10-14(23-25(15)16)17(27)24-7-1-2-8-24/h3-6,9-10H,1-2,7-8H2. The van der Waals surface area contributed by atoms with Crippen molar-refractivity contribution in [2.45, 2.75) is 19.0 Å². The maximum Gasteiger partial charge on any atom is 0.433 e. The molecule has 150 valence electrons. The van der Waals surface area contributed by atoms with Gasteiger partial charge in [0, 0.05) is 36.9 Å². The average Bonchev–Trinajstić information content (AvgIpc) is 3.35. The Morgan fingerprint density at radius 3 is 2.34 bits per heavy atom. The van der Waals surface area contributed by atoms with Crippen molar-refractivity contribution in [2.24, 2.45) is 0 Å². The van der Waals surface area contributed by atoms with Crippen molar-refractivity contribution >= 4 is 17.2 Å². The summed E-state index contributed by atoms with van der Waals surface area (Å²) in [5.41, 5.74) is -1.26. The molecule has 1 amide bonds. The molecule has 29 heavy (non-hydrogen) atoms. The van der Waals surface area contributed by atoms with Crippen molar-refractivity contribution in [2.75, 3.05) is 13.1 Å². The first-order valence-corrected chi connectivity index (χ1v) is 8.76. The van der Waals surface area contributed by atoms with Gasteiger partial charge < -0.3 is 4.90 Å². The number of fused-ring (bicyclic) bond motifs is 1. The van der Waals surface area contributed by atoms with E-state index in [1.165, 1.54) is 30.3 Å². The number of amides is 1. The Morgan fingerprint density at radius 1 is 1.10 bits per heavy atom. The molecular formula is C18H14F3N5O3. The Bertz CT molecular complexity index is 1100. The zero-order valence-electron chi connectivity index (χ0n) is 14.9. The van der Waals surface area contributed by atoms with Crippen LogP contribution in [0.2, 0.25) is 0 Å². The molecule has 11 heteroatoms. The molecule has 1 saturated heterocycles. The molecule has 0 radical (unpaired) electrons. The quantitative estimate of drug-likeness (QED) is 0.491. The third-order valence-electron chi connectivity index (χ3n) is 4.70. The number of benzene rings is 1. The number of alkyl halides is 3. The highest BCUT2D eigenvalue weighted by Crippen LogP contribution is 2.33. The first-order chi connectivity index (χ1) is 13.7. The van der Waals surface area contributed by atoms with Gasteiger partial charge in [0.15, 0.2) is 17.0 Å². The van der Waals surface area contributed by atoms with Gasteiger partial charge in [-0.05, 0) is 31.0 Å². The maximum absolute atomic E-state index is 13.6. The Balaban J connectivity index is 1.82. The minimum absolute atomic E-state index is 0.0280. The van der Waals surface area contributed by atoms with Gasteiger partial charge in [-0.15, -0.1) is 0 Å². The van der Waals surface area contributed by atoms with Gasteiger partial charge in [0.05, 0.1) is 10.6 Å². The van der Waals surface area contributed by atoms with Crippen LogP contribution in [0.5, 0.6) is 0 Å². The van der Waals surface area contributed by atoms with Crippen molar-refractivity contribution in [3.8, 4) is 11.3 Å². The van der Waals surface area contributed by atoms with E-state index in [-0.39, 0.29) is 28.3 Å². The van der Waals surface area contributed by atoms with Crippen LogP contribution in [0, 0.1) is 10.1 Å². The number of aromatic nitrogens is 3. The highest BCUT2D eigenvalue weighted by atomic mass is 19.4. The fourth-order valence-corrected chi connectivity index (χ4v) is 3.26. The van der Waals surface area contributed by atoms with Crippen LogP contribution in [-0.4, -0.2) is 43.4 Å². The van der Waals surface area contributed by atoms with Crippen LogP contribution in [0.15, 0.2) is 36.4 Å². The molecular weight excluding hydrogens is 391 g/mol. The number of nitrogens with zero attached hydrogens (tertiary/aromatic N) is 5. The lowest BCUT2D eigenvalue weighted by Crippen LogP contribution is -2.28. The Labute approximate surface area is 161 Å². The van der Waals surface area contributed by atoms with E-state index in [0.717, 1.165) is 18.9 Å². The highest BCUT2D eigenvalue weighted by molar-refractivity contribution is 5.93. The molecule has 8 nitrogen and oxygen atoms in total. The summed E-state index contributed by atoms with van der Waals surface area (Å²) in [6.07, 6.45) is -3.05. The fourth-order valence-electron chi connectivity index (χ4n) is 3.26. The molecule has 0 aliphatic carbocycles. The Morgan fingerprint density at radius 2 is 1.76 bits per heavy atom. The summed E-state index contributed by atoms with van der Waals surface area (Å²) in [5.74, 6) is -0.432. The Kier molecular flexibility index (Phi) is 4.44. The number of hydrogen-bond acceptors (Lipinski definition) is 5. The Hall–Kier alpha value is -3.50. The predicted molar refractivity (Wildman–Crippen MR) is 95.2 cm³/mol. The molecule has 3 aromatic rings. The average molecular weight is 405 g/mol. The summed E-state index contributed by atoms with van der Waals surface area (Å²) in [7, 11) is 0. The first kappa shape index (κ1) is 18.8. The zero-order valence-corrected chi connectivity index (χ0v) is 14.9. The van der Waals surface area contributed by atoms with Crippen molar-refractivity contribution in [3.05, 3.63) is 57.9 Å². The van der Waals surface area contributed by atoms with Gasteiger partial charge in [-0.25, -0.2) is 9.50 Å². The minimum atomic E-state index is -4.74. The van der Waals surface area contributed by atoms with Gasteiger partial charge in [-0.3, -0.25) is 14.9 Å². The summed E-state index contributed by atoms with van der Waals surface area (Å²) in [5, 5.41) is 14.6. The van der Waals surface area contributed by atoms with Crippen LogP contribution < -0.4 is 0 Å². The van der Waals surface area contributed by atoms with Crippen molar-refractivity contribution in [1.29, 1.82) is 0 Å². The summed E-state index contributed by atoms with van der Waals surface area (Å²) in [4.78, 5) is 28.4.